The lowest BCUT2D eigenvalue weighted by molar-refractivity contribution is 0.100. The molecule has 0 saturated carbocycles. The van der Waals surface area contributed by atoms with Crippen molar-refractivity contribution in [2.75, 3.05) is 5.32 Å². The number of aryl methyl sites for hydroxylation is 3. The summed E-state index contributed by atoms with van der Waals surface area (Å²) in [6, 6.07) is 17.8. The molecule has 4 heteroatoms. The lowest BCUT2D eigenvalue weighted by atomic mass is 10.0. The van der Waals surface area contributed by atoms with Gasteiger partial charge in [-0.2, -0.15) is 0 Å². The molecular formula is C21H21N3O. The molecule has 0 bridgehead atoms. The van der Waals surface area contributed by atoms with Crippen LogP contribution in [-0.2, 0) is 0 Å². The van der Waals surface area contributed by atoms with Gasteiger partial charge in [0.15, 0.2) is 0 Å². The fraction of sp³-hybridized carbons (Fsp3) is 0.143. The van der Waals surface area contributed by atoms with Gasteiger partial charge >= 0.3 is 0 Å². The van der Waals surface area contributed by atoms with Crippen LogP contribution >= 0.6 is 0 Å². The van der Waals surface area contributed by atoms with Crippen molar-refractivity contribution in [3.05, 3.63) is 77.0 Å². The number of hydrogen-bond donors (Lipinski definition) is 2. The Morgan fingerprint density at radius 1 is 0.960 bits per heavy atom. The molecule has 0 fully saturated rings. The number of carbonyl (C=O) groups excluding carboxylic acids is 1. The molecule has 0 saturated heterocycles. The molecule has 2 aromatic carbocycles. The van der Waals surface area contributed by atoms with E-state index >= 15 is 0 Å². The molecule has 0 atom stereocenters. The van der Waals surface area contributed by atoms with E-state index in [4.69, 9.17) is 5.73 Å². The molecule has 4 nitrogen and oxygen atoms in total. The summed E-state index contributed by atoms with van der Waals surface area (Å²) in [4.78, 5) is 16.6. The van der Waals surface area contributed by atoms with E-state index in [1.54, 1.807) is 0 Å². The van der Waals surface area contributed by atoms with Gasteiger partial charge in [0.2, 0.25) is 0 Å². The molecule has 0 radical (unpaired) electrons. The van der Waals surface area contributed by atoms with Crippen molar-refractivity contribution in [2.45, 2.75) is 20.8 Å². The number of nitrogens with one attached hydrogen (secondary N) is 1. The lowest BCUT2D eigenvalue weighted by Crippen LogP contribution is -2.15. The molecule has 0 unspecified atom stereocenters. The van der Waals surface area contributed by atoms with Crippen LogP contribution in [0.15, 0.2) is 54.6 Å². The maximum absolute atomic E-state index is 12.0. The van der Waals surface area contributed by atoms with Crippen LogP contribution in [0.2, 0.25) is 0 Å². The van der Waals surface area contributed by atoms with Crippen molar-refractivity contribution >= 4 is 17.4 Å². The predicted octanol–water partition coefficient (Wildman–Crippen LogP) is 4.52. The number of pyridine rings is 1. The molecule has 0 aliphatic rings. The Kier molecular flexibility index (Phi) is 4.52. The van der Waals surface area contributed by atoms with Crippen LogP contribution in [0.5, 0.6) is 0 Å². The van der Waals surface area contributed by atoms with E-state index in [0.29, 0.717) is 11.4 Å². The van der Waals surface area contributed by atoms with Gasteiger partial charge in [-0.25, -0.2) is 4.98 Å². The summed E-state index contributed by atoms with van der Waals surface area (Å²) in [6.45, 7) is 5.99. The summed E-state index contributed by atoms with van der Waals surface area (Å²) >= 11 is 0. The van der Waals surface area contributed by atoms with Gasteiger partial charge in [-0.15, -0.1) is 0 Å². The summed E-state index contributed by atoms with van der Waals surface area (Å²) in [5, 5.41) is 3.24. The van der Waals surface area contributed by atoms with E-state index in [1.807, 2.05) is 69.3 Å². The SMILES string of the molecule is Cc1cc(C)cc(Nc2nc(C)c(-c3ccccc3)cc2C(N)=O)c1. The largest absolute Gasteiger partial charge is 0.365 e. The number of anilines is 2. The van der Waals surface area contributed by atoms with E-state index < -0.39 is 5.91 Å². The fourth-order valence-corrected chi connectivity index (χ4v) is 2.98. The zero-order valence-corrected chi connectivity index (χ0v) is 14.6. The summed E-state index contributed by atoms with van der Waals surface area (Å²) in [7, 11) is 0. The molecule has 1 aromatic heterocycles. The van der Waals surface area contributed by atoms with Crippen LogP contribution in [0.1, 0.15) is 27.2 Å². The van der Waals surface area contributed by atoms with E-state index in [9.17, 15) is 4.79 Å². The highest BCUT2D eigenvalue weighted by Gasteiger charge is 2.15. The number of amides is 1. The standard InChI is InChI=1S/C21H21N3O/c1-13-9-14(2)11-17(10-13)24-21-19(20(22)25)12-18(15(3)23-21)16-7-5-4-6-8-16/h4-12H,1-3H3,(H2,22,25)(H,23,24). The summed E-state index contributed by atoms with van der Waals surface area (Å²) in [6.07, 6.45) is 0. The molecule has 0 aliphatic heterocycles. The third-order valence-corrected chi connectivity index (χ3v) is 4.05. The first-order chi connectivity index (χ1) is 11.9. The van der Waals surface area contributed by atoms with Crippen molar-refractivity contribution in [2.24, 2.45) is 5.73 Å². The monoisotopic (exact) mass is 331 g/mol. The first-order valence-corrected chi connectivity index (χ1v) is 8.16. The van der Waals surface area contributed by atoms with Crippen LogP contribution in [-0.4, -0.2) is 10.9 Å². The Hall–Kier alpha value is -3.14. The number of nitrogens with zero attached hydrogens (tertiary/aromatic N) is 1. The smallest absolute Gasteiger partial charge is 0.252 e. The lowest BCUT2D eigenvalue weighted by Gasteiger charge is -2.14. The van der Waals surface area contributed by atoms with Gasteiger partial charge in [-0.05, 0) is 55.7 Å². The van der Waals surface area contributed by atoms with Gasteiger partial charge in [0.1, 0.15) is 5.82 Å². The Labute approximate surface area is 147 Å². The van der Waals surface area contributed by atoms with Crippen molar-refractivity contribution in [1.29, 1.82) is 0 Å². The zero-order valence-electron chi connectivity index (χ0n) is 14.6. The maximum Gasteiger partial charge on any atom is 0.252 e. The highest BCUT2D eigenvalue weighted by molar-refractivity contribution is 5.99. The highest BCUT2D eigenvalue weighted by Crippen LogP contribution is 2.28. The number of aromatic nitrogens is 1. The number of nitrogens with two attached hydrogens (primary N) is 1. The summed E-state index contributed by atoms with van der Waals surface area (Å²) in [5.41, 5.74) is 11.9. The quantitative estimate of drug-likeness (QED) is 0.739. The third kappa shape index (κ3) is 3.69. The fourth-order valence-electron chi connectivity index (χ4n) is 2.98. The normalized spacial score (nSPS) is 10.5. The molecule has 1 heterocycles. The molecule has 3 N–H and O–H groups in total. The van der Waals surface area contributed by atoms with Crippen LogP contribution in [0.25, 0.3) is 11.1 Å². The molecule has 1 amide bonds. The molecule has 0 spiro atoms. The third-order valence-electron chi connectivity index (χ3n) is 4.05. The van der Waals surface area contributed by atoms with E-state index in [0.717, 1.165) is 33.6 Å². The number of benzene rings is 2. The minimum atomic E-state index is -0.503. The second-order valence-electron chi connectivity index (χ2n) is 6.25. The Morgan fingerprint density at radius 3 is 2.20 bits per heavy atom. The number of carbonyl (C=O) groups is 1. The van der Waals surface area contributed by atoms with Gasteiger partial charge in [-0.3, -0.25) is 4.79 Å². The van der Waals surface area contributed by atoms with E-state index in [1.165, 1.54) is 0 Å². The van der Waals surface area contributed by atoms with Crippen molar-refractivity contribution < 1.29 is 4.79 Å². The second-order valence-corrected chi connectivity index (χ2v) is 6.25. The van der Waals surface area contributed by atoms with Gasteiger partial charge in [0, 0.05) is 16.9 Å². The highest BCUT2D eigenvalue weighted by atomic mass is 16.1. The summed E-state index contributed by atoms with van der Waals surface area (Å²) < 4.78 is 0. The van der Waals surface area contributed by atoms with Crippen LogP contribution in [0, 0.1) is 20.8 Å². The molecule has 126 valence electrons. The molecular weight excluding hydrogens is 310 g/mol. The second kappa shape index (κ2) is 6.77. The molecule has 3 rings (SSSR count). The predicted molar refractivity (Wildman–Crippen MR) is 102 cm³/mol. The first kappa shape index (κ1) is 16.7. The number of primary amides is 1. The minimum absolute atomic E-state index is 0.378. The average molecular weight is 331 g/mol. The Balaban J connectivity index is 2.08. The van der Waals surface area contributed by atoms with Crippen LogP contribution in [0.4, 0.5) is 11.5 Å². The topological polar surface area (TPSA) is 68.0 Å². The number of hydrogen-bond acceptors (Lipinski definition) is 3. The summed E-state index contributed by atoms with van der Waals surface area (Å²) in [5.74, 6) is -0.0220. The van der Waals surface area contributed by atoms with Crippen molar-refractivity contribution in [3.63, 3.8) is 0 Å². The first-order valence-electron chi connectivity index (χ1n) is 8.16. The number of rotatable bonds is 4. The van der Waals surface area contributed by atoms with Gasteiger partial charge in [0.05, 0.1) is 5.56 Å². The van der Waals surface area contributed by atoms with Crippen molar-refractivity contribution in [1.82, 2.24) is 4.98 Å². The molecule has 3 aromatic rings. The van der Waals surface area contributed by atoms with Gasteiger partial charge < -0.3 is 11.1 Å². The molecule has 0 aliphatic carbocycles. The molecule has 25 heavy (non-hydrogen) atoms. The van der Waals surface area contributed by atoms with E-state index in [-0.39, 0.29) is 0 Å². The average Bonchev–Trinajstić information content (AvgIpc) is 2.54. The van der Waals surface area contributed by atoms with Crippen molar-refractivity contribution in [3.8, 4) is 11.1 Å². The van der Waals surface area contributed by atoms with Crippen LogP contribution in [0.3, 0.4) is 0 Å². The minimum Gasteiger partial charge on any atom is -0.365 e. The maximum atomic E-state index is 12.0. The Bertz CT molecular complexity index is 913. The van der Waals surface area contributed by atoms with Crippen LogP contribution < -0.4 is 11.1 Å². The zero-order chi connectivity index (χ0) is 18.0. The van der Waals surface area contributed by atoms with Gasteiger partial charge in [-0.1, -0.05) is 36.4 Å². The Morgan fingerprint density at radius 2 is 1.60 bits per heavy atom. The van der Waals surface area contributed by atoms with Gasteiger partial charge in [0.25, 0.3) is 5.91 Å². The van der Waals surface area contributed by atoms with E-state index in [2.05, 4.69) is 16.4 Å².